The number of amides is 2. The number of carbonyl (C=O) groups excluding carboxylic acids is 2. The van der Waals surface area contributed by atoms with Gasteiger partial charge in [0.1, 0.15) is 6.04 Å². The monoisotopic (exact) mass is 256 g/mol. The molecule has 6 nitrogen and oxygen atoms in total. The highest BCUT2D eigenvalue weighted by molar-refractivity contribution is 5.91. The van der Waals surface area contributed by atoms with Gasteiger partial charge in [0.05, 0.1) is 5.92 Å². The third-order valence-corrected chi connectivity index (χ3v) is 2.90. The first-order valence-corrected chi connectivity index (χ1v) is 6.12. The highest BCUT2D eigenvalue weighted by atomic mass is 16.4. The first-order valence-electron chi connectivity index (χ1n) is 6.12. The predicted molar refractivity (Wildman–Crippen MR) is 64.8 cm³/mol. The Morgan fingerprint density at radius 2 is 2.06 bits per heavy atom. The smallest absolute Gasteiger partial charge is 0.325 e. The summed E-state index contributed by atoms with van der Waals surface area (Å²) in [7, 11) is 0. The van der Waals surface area contributed by atoms with Crippen LogP contribution in [0.3, 0.4) is 0 Å². The van der Waals surface area contributed by atoms with Gasteiger partial charge in [0.2, 0.25) is 11.8 Å². The minimum Gasteiger partial charge on any atom is -0.480 e. The van der Waals surface area contributed by atoms with Crippen molar-refractivity contribution in [3.63, 3.8) is 0 Å². The third kappa shape index (κ3) is 3.72. The molecule has 0 aromatic carbocycles. The number of nitrogens with one attached hydrogen (secondary N) is 1. The second-order valence-corrected chi connectivity index (χ2v) is 5.16. The van der Waals surface area contributed by atoms with Crippen LogP contribution in [0, 0.1) is 11.8 Å². The van der Waals surface area contributed by atoms with Crippen molar-refractivity contribution >= 4 is 17.8 Å². The van der Waals surface area contributed by atoms with Crippen LogP contribution in [0.4, 0.5) is 0 Å². The average Bonchev–Trinajstić information content (AvgIpc) is 2.59. The van der Waals surface area contributed by atoms with Crippen molar-refractivity contribution in [1.82, 2.24) is 10.2 Å². The Labute approximate surface area is 106 Å². The van der Waals surface area contributed by atoms with Gasteiger partial charge in [-0.2, -0.15) is 0 Å². The summed E-state index contributed by atoms with van der Waals surface area (Å²) in [5.41, 5.74) is 0. The second-order valence-electron chi connectivity index (χ2n) is 5.16. The molecule has 0 aromatic heterocycles. The summed E-state index contributed by atoms with van der Waals surface area (Å²) in [4.78, 5) is 35.8. The Balaban J connectivity index is 2.52. The number of nitrogens with zero attached hydrogens (tertiary/aromatic N) is 1. The molecule has 0 bridgehead atoms. The molecule has 2 amide bonds. The number of carboxylic acid groups (broad SMARTS) is 1. The highest BCUT2D eigenvalue weighted by Crippen LogP contribution is 2.19. The fourth-order valence-electron chi connectivity index (χ4n) is 1.96. The van der Waals surface area contributed by atoms with Gasteiger partial charge in [-0.15, -0.1) is 0 Å². The summed E-state index contributed by atoms with van der Waals surface area (Å²) in [5.74, 6) is -1.55. The zero-order chi connectivity index (χ0) is 13.9. The van der Waals surface area contributed by atoms with Gasteiger partial charge >= 0.3 is 5.97 Å². The summed E-state index contributed by atoms with van der Waals surface area (Å²) in [6, 6.07) is -0.924. The van der Waals surface area contributed by atoms with Crippen LogP contribution >= 0.6 is 0 Å². The maximum absolute atomic E-state index is 11.8. The van der Waals surface area contributed by atoms with Crippen molar-refractivity contribution < 1.29 is 19.5 Å². The first-order chi connectivity index (χ1) is 8.31. The Morgan fingerprint density at radius 3 is 2.56 bits per heavy atom. The number of carboxylic acids is 1. The molecule has 2 unspecified atom stereocenters. The standard InChI is InChI=1S/C12H20N2O4/c1-7(2)5-14-6-9(4-10(14)15)11(16)13-8(3)12(17)18/h7-9H,4-6H2,1-3H3,(H,13,16)(H,17,18). The number of rotatable bonds is 5. The van der Waals surface area contributed by atoms with Crippen LogP contribution in [0.25, 0.3) is 0 Å². The summed E-state index contributed by atoms with van der Waals surface area (Å²) >= 11 is 0. The van der Waals surface area contributed by atoms with Crippen LogP contribution in [0.15, 0.2) is 0 Å². The van der Waals surface area contributed by atoms with E-state index < -0.39 is 17.9 Å². The van der Waals surface area contributed by atoms with E-state index in [1.807, 2.05) is 13.8 Å². The van der Waals surface area contributed by atoms with Gasteiger partial charge < -0.3 is 15.3 Å². The summed E-state index contributed by atoms with van der Waals surface area (Å²) in [6.45, 7) is 6.44. The van der Waals surface area contributed by atoms with Gasteiger partial charge in [0.15, 0.2) is 0 Å². The van der Waals surface area contributed by atoms with Crippen molar-refractivity contribution in [3.05, 3.63) is 0 Å². The van der Waals surface area contributed by atoms with Crippen molar-refractivity contribution in [2.75, 3.05) is 13.1 Å². The largest absolute Gasteiger partial charge is 0.480 e. The number of hydrogen-bond donors (Lipinski definition) is 2. The maximum Gasteiger partial charge on any atom is 0.325 e. The molecule has 1 heterocycles. The number of aliphatic carboxylic acids is 1. The Kier molecular flexibility index (Phi) is 4.69. The minimum atomic E-state index is -1.08. The average molecular weight is 256 g/mol. The number of likely N-dealkylation sites (tertiary alicyclic amines) is 1. The van der Waals surface area contributed by atoms with E-state index in [0.29, 0.717) is 19.0 Å². The molecule has 1 aliphatic heterocycles. The fraction of sp³-hybridized carbons (Fsp3) is 0.750. The third-order valence-electron chi connectivity index (χ3n) is 2.90. The highest BCUT2D eigenvalue weighted by Gasteiger charge is 2.35. The molecule has 0 radical (unpaired) electrons. The molecule has 1 saturated heterocycles. The molecule has 2 N–H and O–H groups in total. The topological polar surface area (TPSA) is 86.7 Å². The van der Waals surface area contributed by atoms with Gasteiger partial charge in [-0.05, 0) is 12.8 Å². The van der Waals surface area contributed by atoms with Gasteiger partial charge in [0.25, 0.3) is 0 Å². The molecular formula is C12H20N2O4. The molecular weight excluding hydrogens is 236 g/mol. The molecule has 6 heteroatoms. The molecule has 0 aliphatic carbocycles. The minimum absolute atomic E-state index is 0.0353. The van der Waals surface area contributed by atoms with Crippen molar-refractivity contribution in [2.45, 2.75) is 33.2 Å². The van der Waals surface area contributed by atoms with Gasteiger partial charge in [-0.1, -0.05) is 13.8 Å². The van der Waals surface area contributed by atoms with E-state index in [1.165, 1.54) is 6.92 Å². The molecule has 102 valence electrons. The number of carbonyl (C=O) groups is 3. The first kappa shape index (κ1) is 14.5. The van der Waals surface area contributed by atoms with E-state index >= 15 is 0 Å². The predicted octanol–water partition coefficient (Wildman–Crippen LogP) is 0.0802. The van der Waals surface area contributed by atoms with Gasteiger partial charge in [-0.25, -0.2) is 0 Å². The van der Waals surface area contributed by atoms with E-state index in [9.17, 15) is 14.4 Å². The SMILES string of the molecule is CC(C)CN1CC(C(=O)NC(C)C(=O)O)CC1=O. The van der Waals surface area contributed by atoms with E-state index in [4.69, 9.17) is 5.11 Å². The van der Waals surface area contributed by atoms with Gasteiger partial charge in [-0.3, -0.25) is 14.4 Å². The molecule has 1 aliphatic rings. The van der Waals surface area contributed by atoms with Crippen molar-refractivity contribution in [1.29, 1.82) is 0 Å². The van der Waals surface area contributed by atoms with Crippen LogP contribution in [-0.2, 0) is 14.4 Å². The molecule has 1 rings (SSSR count). The molecule has 18 heavy (non-hydrogen) atoms. The zero-order valence-corrected chi connectivity index (χ0v) is 11.0. The van der Waals surface area contributed by atoms with Crippen LogP contribution < -0.4 is 5.32 Å². The Hall–Kier alpha value is -1.59. The lowest BCUT2D eigenvalue weighted by atomic mass is 10.1. The van der Waals surface area contributed by atoms with Gasteiger partial charge in [0, 0.05) is 19.5 Å². The molecule has 0 spiro atoms. The summed E-state index contributed by atoms with van der Waals surface area (Å²) in [6.07, 6.45) is 0.172. The van der Waals surface area contributed by atoms with Crippen LogP contribution in [-0.4, -0.2) is 46.9 Å². The quantitative estimate of drug-likeness (QED) is 0.729. The van der Waals surface area contributed by atoms with Crippen molar-refractivity contribution in [2.24, 2.45) is 11.8 Å². The number of hydrogen-bond acceptors (Lipinski definition) is 3. The van der Waals surface area contributed by atoms with Crippen LogP contribution in [0.1, 0.15) is 27.2 Å². The van der Waals surface area contributed by atoms with E-state index in [1.54, 1.807) is 4.90 Å². The van der Waals surface area contributed by atoms with E-state index in [0.717, 1.165) is 0 Å². The summed E-state index contributed by atoms with van der Waals surface area (Å²) < 4.78 is 0. The van der Waals surface area contributed by atoms with Crippen molar-refractivity contribution in [3.8, 4) is 0 Å². The second kappa shape index (κ2) is 5.84. The molecule has 0 saturated carbocycles. The van der Waals surface area contributed by atoms with Crippen LogP contribution in [0.2, 0.25) is 0 Å². The van der Waals surface area contributed by atoms with E-state index in [2.05, 4.69) is 5.32 Å². The molecule has 0 aromatic rings. The summed E-state index contributed by atoms with van der Waals surface area (Å²) in [5, 5.41) is 11.1. The Bertz CT molecular complexity index is 354. The molecule has 2 atom stereocenters. The Morgan fingerprint density at radius 1 is 1.44 bits per heavy atom. The lowest BCUT2D eigenvalue weighted by molar-refractivity contribution is -0.141. The maximum atomic E-state index is 11.8. The molecule has 1 fully saturated rings. The normalized spacial score (nSPS) is 21.2. The van der Waals surface area contributed by atoms with E-state index in [-0.39, 0.29) is 18.2 Å². The zero-order valence-electron chi connectivity index (χ0n) is 11.0. The lowest BCUT2D eigenvalue weighted by Gasteiger charge is -2.19. The van der Waals surface area contributed by atoms with Crippen LogP contribution in [0.5, 0.6) is 0 Å². The lowest BCUT2D eigenvalue weighted by Crippen LogP contribution is -2.42. The fourth-order valence-corrected chi connectivity index (χ4v) is 1.96.